The Hall–Kier alpha value is -2.38. The molecule has 5 nitrogen and oxygen atoms in total. The number of aliphatic hydroxyl groups excluding tert-OH is 1. The van der Waals surface area contributed by atoms with Gasteiger partial charge >= 0.3 is 0 Å². The molecule has 0 fully saturated rings. The zero-order chi connectivity index (χ0) is 16.7. The van der Waals surface area contributed by atoms with Gasteiger partial charge in [0.15, 0.2) is 5.16 Å². The van der Waals surface area contributed by atoms with Crippen molar-refractivity contribution in [2.24, 2.45) is 0 Å². The fraction of sp³-hybridized carbons (Fsp3) is 0.176. The number of nitrogens with zero attached hydrogens (tertiary/aromatic N) is 1. The van der Waals surface area contributed by atoms with Gasteiger partial charge in [-0.15, -0.1) is 0 Å². The molecule has 2 aromatic carbocycles. The molecule has 0 radical (unpaired) electrons. The molecule has 0 unspecified atom stereocenters. The molecule has 0 aliphatic rings. The van der Waals surface area contributed by atoms with E-state index in [9.17, 15) is 9.18 Å². The molecule has 0 spiro atoms. The standard InChI is InChI=1S/C17H14FN3O2S/c18-9-2-3-10-12(8-9)13-11(4-5-19-16(13)23)15-14(10)20-17(21-15)24-7-1-6-22/h2-5,8,22H,1,6-7H2,(H,19,23)(H,20,21). The first kappa shape index (κ1) is 15.2. The van der Waals surface area contributed by atoms with E-state index in [1.807, 2.05) is 0 Å². The molecule has 122 valence electrons. The molecule has 0 aliphatic carbocycles. The van der Waals surface area contributed by atoms with Gasteiger partial charge in [-0.05, 0) is 30.7 Å². The molecular weight excluding hydrogens is 329 g/mol. The highest BCUT2D eigenvalue weighted by molar-refractivity contribution is 7.99. The van der Waals surface area contributed by atoms with Gasteiger partial charge in [0.25, 0.3) is 5.56 Å². The minimum atomic E-state index is -0.386. The molecule has 0 saturated carbocycles. The van der Waals surface area contributed by atoms with Crippen LogP contribution in [0, 0.1) is 5.82 Å². The lowest BCUT2D eigenvalue weighted by Crippen LogP contribution is -2.05. The lowest BCUT2D eigenvalue weighted by Gasteiger charge is -2.05. The first-order valence-electron chi connectivity index (χ1n) is 7.55. The minimum Gasteiger partial charge on any atom is -0.396 e. The summed E-state index contributed by atoms with van der Waals surface area (Å²) < 4.78 is 13.7. The highest BCUT2D eigenvalue weighted by atomic mass is 32.2. The maximum absolute atomic E-state index is 13.7. The van der Waals surface area contributed by atoms with E-state index in [0.717, 1.165) is 21.8 Å². The fourth-order valence-corrected chi connectivity index (χ4v) is 3.72. The van der Waals surface area contributed by atoms with E-state index in [1.165, 1.54) is 23.9 Å². The van der Waals surface area contributed by atoms with Gasteiger partial charge < -0.3 is 15.1 Å². The number of fused-ring (bicyclic) bond motifs is 6. The van der Waals surface area contributed by atoms with Crippen molar-refractivity contribution >= 4 is 44.3 Å². The molecule has 0 aliphatic heterocycles. The number of pyridine rings is 1. The van der Waals surface area contributed by atoms with E-state index in [-0.39, 0.29) is 18.0 Å². The third-order valence-electron chi connectivity index (χ3n) is 3.96. The average Bonchev–Trinajstić information content (AvgIpc) is 2.99. The number of H-pyrrole nitrogens is 2. The Balaban J connectivity index is 2.08. The number of rotatable bonds is 4. The van der Waals surface area contributed by atoms with Crippen molar-refractivity contribution in [2.75, 3.05) is 12.4 Å². The van der Waals surface area contributed by atoms with Gasteiger partial charge in [0.05, 0.1) is 16.4 Å². The smallest absolute Gasteiger partial charge is 0.256 e. The molecule has 0 amide bonds. The molecule has 4 rings (SSSR count). The van der Waals surface area contributed by atoms with Crippen LogP contribution in [0.1, 0.15) is 6.42 Å². The van der Waals surface area contributed by atoms with E-state index in [2.05, 4.69) is 15.0 Å². The third-order valence-corrected chi connectivity index (χ3v) is 4.92. The van der Waals surface area contributed by atoms with Gasteiger partial charge in [0.1, 0.15) is 5.82 Å². The van der Waals surface area contributed by atoms with Crippen molar-refractivity contribution in [1.29, 1.82) is 0 Å². The Bertz CT molecular complexity index is 1120. The second-order valence-corrected chi connectivity index (χ2v) is 6.56. The monoisotopic (exact) mass is 343 g/mol. The highest BCUT2D eigenvalue weighted by Crippen LogP contribution is 2.33. The van der Waals surface area contributed by atoms with E-state index in [4.69, 9.17) is 5.11 Å². The van der Waals surface area contributed by atoms with Gasteiger partial charge in [0, 0.05) is 34.7 Å². The zero-order valence-corrected chi connectivity index (χ0v) is 13.4. The molecular formula is C17H14FN3O2S. The van der Waals surface area contributed by atoms with Gasteiger partial charge in [-0.2, -0.15) is 0 Å². The number of imidazole rings is 1. The number of hydrogen-bond donors (Lipinski definition) is 3. The largest absolute Gasteiger partial charge is 0.396 e. The Labute approximate surface area is 139 Å². The first-order valence-corrected chi connectivity index (χ1v) is 8.53. The molecule has 0 atom stereocenters. The molecule has 2 heterocycles. The van der Waals surface area contributed by atoms with Crippen molar-refractivity contribution in [3.05, 3.63) is 46.6 Å². The SMILES string of the molecule is O=c1[nH]ccc2c3nc(SCCCO)[nH]c3c3ccc(F)cc3c12. The van der Waals surface area contributed by atoms with Crippen LogP contribution in [0.15, 0.2) is 40.4 Å². The Morgan fingerprint density at radius 1 is 1.21 bits per heavy atom. The average molecular weight is 343 g/mol. The molecule has 24 heavy (non-hydrogen) atoms. The predicted octanol–water partition coefficient (Wildman–Crippen LogP) is 3.17. The van der Waals surface area contributed by atoms with Gasteiger partial charge in [-0.3, -0.25) is 4.79 Å². The summed E-state index contributed by atoms with van der Waals surface area (Å²) in [6, 6.07) is 6.21. The van der Waals surface area contributed by atoms with Gasteiger partial charge in [0.2, 0.25) is 0 Å². The summed E-state index contributed by atoms with van der Waals surface area (Å²) in [5.41, 5.74) is 1.22. The van der Waals surface area contributed by atoms with Crippen molar-refractivity contribution in [1.82, 2.24) is 15.0 Å². The van der Waals surface area contributed by atoms with Crippen LogP contribution in [-0.2, 0) is 0 Å². The number of aromatic nitrogens is 3. The number of aromatic amines is 2. The molecule has 0 bridgehead atoms. The number of benzene rings is 2. The summed E-state index contributed by atoms with van der Waals surface area (Å²) in [5.74, 6) is 0.352. The zero-order valence-electron chi connectivity index (χ0n) is 12.6. The molecule has 2 aromatic heterocycles. The fourth-order valence-electron chi connectivity index (χ4n) is 2.93. The Morgan fingerprint density at radius 2 is 2.08 bits per heavy atom. The number of aliphatic hydroxyl groups is 1. The van der Waals surface area contributed by atoms with Crippen LogP contribution in [0.3, 0.4) is 0 Å². The number of nitrogens with one attached hydrogen (secondary N) is 2. The van der Waals surface area contributed by atoms with Crippen molar-refractivity contribution in [3.8, 4) is 0 Å². The van der Waals surface area contributed by atoms with Crippen LogP contribution < -0.4 is 5.56 Å². The first-order chi connectivity index (χ1) is 11.7. The van der Waals surface area contributed by atoms with Crippen LogP contribution in [0.5, 0.6) is 0 Å². The highest BCUT2D eigenvalue weighted by Gasteiger charge is 2.15. The minimum absolute atomic E-state index is 0.133. The lowest BCUT2D eigenvalue weighted by atomic mass is 10.0. The molecule has 3 N–H and O–H groups in total. The number of halogens is 1. The topological polar surface area (TPSA) is 81.8 Å². The predicted molar refractivity (Wildman–Crippen MR) is 94.1 cm³/mol. The quantitative estimate of drug-likeness (QED) is 0.302. The summed E-state index contributed by atoms with van der Waals surface area (Å²) >= 11 is 1.51. The van der Waals surface area contributed by atoms with Crippen molar-refractivity contribution in [2.45, 2.75) is 11.6 Å². The summed E-state index contributed by atoms with van der Waals surface area (Å²) in [5, 5.41) is 12.1. The van der Waals surface area contributed by atoms with Crippen molar-refractivity contribution in [3.63, 3.8) is 0 Å². The number of thioether (sulfide) groups is 1. The molecule has 0 saturated heterocycles. The summed E-state index contributed by atoms with van der Waals surface area (Å²) in [4.78, 5) is 22.8. The van der Waals surface area contributed by atoms with Crippen LogP contribution in [-0.4, -0.2) is 32.4 Å². The molecule has 4 aromatic rings. The molecule has 7 heteroatoms. The van der Waals surface area contributed by atoms with Crippen LogP contribution >= 0.6 is 11.8 Å². The third kappa shape index (κ3) is 2.37. The summed E-state index contributed by atoms with van der Waals surface area (Å²) in [6.45, 7) is 0.133. The summed E-state index contributed by atoms with van der Waals surface area (Å²) in [6.07, 6.45) is 2.25. The second-order valence-electron chi connectivity index (χ2n) is 5.48. The lowest BCUT2D eigenvalue weighted by molar-refractivity contribution is 0.296. The van der Waals surface area contributed by atoms with E-state index in [0.29, 0.717) is 28.1 Å². The second kappa shape index (κ2) is 5.92. The normalized spacial score (nSPS) is 11.8. The number of hydrogen-bond acceptors (Lipinski definition) is 4. The maximum atomic E-state index is 13.7. The Kier molecular flexibility index (Phi) is 3.74. The van der Waals surface area contributed by atoms with Crippen LogP contribution in [0.2, 0.25) is 0 Å². The Morgan fingerprint density at radius 3 is 2.92 bits per heavy atom. The summed E-state index contributed by atoms with van der Waals surface area (Å²) in [7, 11) is 0. The van der Waals surface area contributed by atoms with E-state index >= 15 is 0 Å². The van der Waals surface area contributed by atoms with E-state index < -0.39 is 0 Å². The van der Waals surface area contributed by atoms with Gasteiger partial charge in [-0.25, -0.2) is 9.37 Å². The van der Waals surface area contributed by atoms with Crippen molar-refractivity contribution < 1.29 is 9.50 Å². The maximum Gasteiger partial charge on any atom is 0.256 e. The van der Waals surface area contributed by atoms with Crippen LogP contribution in [0.4, 0.5) is 4.39 Å². The van der Waals surface area contributed by atoms with Crippen LogP contribution in [0.25, 0.3) is 32.6 Å². The van der Waals surface area contributed by atoms with E-state index in [1.54, 1.807) is 18.3 Å². The van der Waals surface area contributed by atoms with Gasteiger partial charge in [-0.1, -0.05) is 11.8 Å².